The Morgan fingerprint density at radius 1 is 1.11 bits per heavy atom. The third-order valence-corrected chi connectivity index (χ3v) is 8.23. The Labute approximate surface area is 223 Å². The van der Waals surface area contributed by atoms with Crippen LogP contribution in [0.3, 0.4) is 0 Å². The summed E-state index contributed by atoms with van der Waals surface area (Å²) in [6.45, 7) is 6.93. The molecule has 4 heterocycles. The lowest BCUT2D eigenvalue weighted by Crippen LogP contribution is -2.33. The normalized spacial score (nSPS) is 20.3. The summed E-state index contributed by atoms with van der Waals surface area (Å²) in [5, 5.41) is 0.641. The van der Waals surface area contributed by atoms with Crippen molar-refractivity contribution in [3.8, 4) is 28.0 Å². The number of carbonyl (C=O) groups excluding carboxylic acids is 1. The highest BCUT2D eigenvalue weighted by atomic mass is 32.1. The molecule has 3 atom stereocenters. The fourth-order valence-corrected chi connectivity index (χ4v) is 5.88. The van der Waals surface area contributed by atoms with Gasteiger partial charge >= 0.3 is 0 Å². The predicted octanol–water partition coefficient (Wildman–Crippen LogP) is 4.45. The molecule has 194 valence electrons. The summed E-state index contributed by atoms with van der Waals surface area (Å²) in [4.78, 5) is 33.5. The second-order valence-corrected chi connectivity index (χ2v) is 11.4. The second-order valence-electron chi connectivity index (χ2n) is 10.4. The number of benzene rings is 1. The number of aromatic nitrogens is 4. The summed E-state index contributed by atoms with van der Waals surface area (Å²) in [5.74, 6) is 1.18. The van der Waals surface area contributed by atoms with Crippen molar-refractivity contribution in [2.45, 2.75) is 32.4 Å². The first-order valence-electron chi connectivity index (χ1n) is 12.5. The van der Waals surface area contributed by atoms with Gasteiger partial charge in [-0.3, -0.25) is 4.79 Å². The maximum atomic E-state index is 13.5. The highest BCUT2D eigenvalue weighted by Crippen LogP contribution is 2.48. The van der Waals surface area contributed by atoms with Gasteiger partial charge in [0.05, 0.1) is 11.4 Å². The zero-order chi connectivity index (χ0) is 26.6. The maximum Gasteiger partial charge on any atom is 0.265 e. The third kappa shape index (κ3) is 4.65. The molecule has 1 aliphatic carbocycles. The zero-order valence-corrected chi connectivity index (χ0v) is 22.1. The minimum Gasteiger partial charge on any atom is -0.474 e. The number of nitrogens with zero attached hydrogens (tertiary/aromatic N) is 5. The number of amides is 1. The second kappa shape index (κ2) is 9.21. The highest BCUT2D eigenvalue weighted by molar-refractivity contribution is 7.17. The number of hydrogen-bond donors (Lipinski definition) is 1. The van der Waals surface area contributed by atoms with Gasteiger partial charge < -0.3 is 15.4 Å². The van der Waals surface area contributed by atoms with Crippen LogP contribution < -0.4 is 10.5 Å². The van der Waals surface area contributed by atoms with E-state index in [4.69, 9.17) is 15.5 Å². The van der Waals surface area contributed by atoms with Gasteiger partial charge in [-0.15, -0.1) is 11.3 Å². The number of hydrogen-bond acceptors (Lipinski definition) is 8. The average Bonchev–Trinajstić information content (AvgIpc) is 3.22. The largest absolute Gasteiger partial charge is 0.474 e. The summed E-state index contributed by atoms with van der Waals surface area (Å²) in [5.41, 5.74) is 8.82. The Morgan fingerprint density at radius 2 is 1.79 bits per heavy atom. The molecule has 2 N–H and O–H groups in total. The highest BCUT2D eigenvalue weighted by Gasteiger charge is 2.59. The van der Waals surface area contributed by atoms with Crippen LogP contribution >= 0.6 is 11.3 Å². The molecule has 1 saturated carbocycles. The molecular weight excluding hydrogens is 503 g/mol. The number of aryl methyl sites for hydroxylation is 1. The van der Waals surface area contributed by atoms with Crippen molar-refractivity contribution < 1.29 is 13.9 Å². The van der Waals surface area contributed by atoms with E-state index in [2.05, 4.69) is 15.0 Å². The number of piperidine rings is 1. The predicted molar refractivity (Wildman–Crippen MR) is 142 cm³/mol. The van der Waals surface area contributed by atoms with Crippen molar-refractivity contribution >= 4 is 17.2 Å². The molecule has 1 aliphatic heterocycles. The van der Waals surface area contributed by atoms with Gasteiger partial charge in [0, 0.05) is 54.5 Å². The van der Waals surface area contributed by atoms with Crippen molar-refractivity contribution in [2.24, 2.45) is 17.6 Å². The van der Waals surface area contributed by atoms with E-state index >= 15 is 0 Å². The van der Waals surface area contributed by atoms with Crippen LogP contribution in [0.2, 0.25) is 0 Å². The van der Waals surface area contributed by atoms with Crippen LogP contribution in [0.5, 0.6) is 5.88 Å². The van der Waals surface area contributed by atoms with E-state index in [9.17, 15) is 9.18 Å². The van der Waals surface area contributed by atoms with Gasteiger partial charge in [-0.1, -0.05) is 0 Å². The number of likely N-dealkylation sites (tertiary alicyclic amines) is 1. The van der Waals surface area contributed by atoms with Crippen LogP contribution in [0, 0.1) is 24.6 Å². The molecule has 6 rings (SSSR count). The van der Waals surface area contributed by atoms with Gasteiger partial charge in [0.1, 0.15) is 16.8 Å². The molecular formula is C28H27FN6O2S. The molecule has 3 aromatic heterocycles. The fraction of sp³-hybridized carbons (Fsp3) is 0.321. The summed E-state index contributed by atoms with van der Waals surface area (Å²) in [6.07, 6.45) is 3.31. The molecule has 0 bridgehead atoms. The minimum atomic E-state index is -0.602. The topological polar surface area (TPSA) is 107 Å². The molecule has 1 unspecified atom stereocenters. The molecule has 0 spiro atoms. The van der Waals surface area contributed by atoms with Gasteiger partial charge in [0.15, 0.2) is 10.8 Å². The van der Waals surface area contributed by atoms with Crippen molar-refractivity contribution in [2.75, 3.05) is 13.1 Å². The van der Waals surface area contributed by atoms with Gasteiger partial charge in [-0.25, -0.2) is 24.3 Å². The molecule has 4 aromatic rings. The van der Waals surface area contributed by atoms with Gasteiger partial charge in [-0.05, 0) is 62.7 Å². The first kappa shape index (κ1) is 24.6. The minimum absolute atomic E-state index is 0.0143. The molecule has 10 heteroatoms. The van der Waals surface area contributed by atoms with E-state index in [-0.39, 0.29) is 29.7 Å². The Balaban J connectivity index is 1.16. The summed E-state index contributed by atoms with van der Waals surface area (Å²) < 4.78 is 19.8. The van der Waals surface area contributed by atoms with Crippen molar-refractivity contribution in [1.82, 2.24) is 24.8 Å². The number of pyridine rings is 1. The monoisotopic (exact) mass is 530 g/mol. The Hall–Kier alpha value is -3.76. The number of rotatable bonds is 6. The molecule has 1 saturated heterocycles. The van der Waals surface area contributed by atoms with Crippen LogP contribution in [-0.4, -0.2) is 49.9 Å². The number of carbonyl (C=O) groups is 1. The van der Waals surface area contributed by atoms with E-state index in [0.29, 0.717) is 46.1 Å². The zero-order valence-electron chi connectivity index (χ0n) is 21.3. The van der Waals surface area contributed by atoms with Crippen LogP contribution in [0.25, 0.3) is 22.1 Å². The van der Waals surface area contributed by atoms with Crippen molar-refractivity contribution in [1.29, 1.82) is 0 Å². The molecule has 2 aliphatic rings. The number of halogens is 1. The van der Waals surface area contributed by atoms with E-state index in [1.807, 2.05) is 37.8 Å². The Morgan fingerprint density at radius 3 is 2.45 bits per heavy atom. The molecule has 38 heavy (non-hydrogen) atoms. The number of fused-ring (bicyclic) bond motifs is 1. The van der Waals surface area contributed by atoms with E-state index in [1.165, 1.54) is 23.5 Å². The summed E-state index contributed by atoms with van der Waals surface area (Å²) in [7, 11) is 0. The first-order valence-corrected chi connectivity index (χ1v) is 13.3. The van der Waals surface area contributed by atoms with Crippen LogP contribution in [0.1, 0.15) is 34.8 Å². The van der Waals surface area contributed by atoms with Crippen LogP contribution in [0.15, 0.2) is 54.9 Å². The quantitative estimate of drug-likeness (QED) is 0.392. The van der Waals surface area contributed by atoms with E-state index < -0.39 is 5.54 Å². The first-order chi connectivity index (χ1) is 18.2. The number of ether oxygens (including phenoxy) is 1. The Bertz CT molecular complexity index is 1490. The van der Waals surface area contributed by atoms with E-state index in [0.717, 1.165) is 11.1 Å². The van der Waals surface area contributed by atoms with Crippen LogP contribution in [-0.2, 0) is 5.54 Å². The molecule has 1 amide bonds. The lowest BCUT2D eigenvalue weighted by atomic mass is 9.95. The molecule has 2 fully saturated rings. The van der Waals surface area contributed by atoms with Crippen LogP contribution in [0.4, 0.5) is 4.39 Å². The molecule has 1 aromatic carbocycles. The van der Waals surface area contributed by atoms with Gasteiger partial charge in [0.25, 0.3) is 5.91 Å². The fourth-order valence-electron chi connectivity index (χ4n) is 4.90. The lowest BCUT2D eigenvalue weighted by molar-refractivity contribution is 0.0755. The number of nitrogens with two attached hydrogens (primary N) is 1. The van der Waals surface area contributed by atoms with Gasteiger partial charge in [-0.2, -0.15) is 0 Å². The number of thiazole rings is 1. The lowest BCUT2D eigenvalue weighted by Gasteiger charge is -2.22. The summed E-state index contributed by atoms with van der Waals surface area (Å²) >= 11 is 1.33. The van der Waals surface area contributed by atoms with Gasteiger partial charge in [0.2, 0.25) is 5.88 Å². The van der Waals surface area contributed by atoms with Crippen molar-refractivity contribution in [3.05, 3.63) is 76.8 Å². The smallest absolute Gasteiger partial charge is 0.265 e. The Kier molecular flexibility index (Phi) is 5.96. The molecule has 8 nitrogen and oxygen atoms in total. The van der Waals surface area contributed by atoms with E-state index in [1.54, 1.807) is 30.6 Å². The average molecular weight is 531 g/mol. The maximum absolute atomic E-state index is 13.5. The third-order valence-electron chi connectivity index (χ3n) is 7.09. The molecule has 0 radical (unpaired) electrons. The standard InChI is InChI=1S/C28H27FN6O2S/c1-15-24(38-26(33-15)25-31-9-4-10-32-25)27(36)35-13-19-20(14-35)23(19)37-22-12-17(28(2,3)30)11-21(34-22)16-5-7-18(29)8-6-16/h4-12,19-20,23H,13-14,30H2,1-3H3/t19-,20?,23+/m1/s1. The van der Waals surface area contributed by atoms with Crippen molar-refractivity contribution in [3.63, 3.8) is 0 Å². The summed E-state index contributed by atoms with van der Waals surface area (Å²) in [6, 6.07) is 11.8. The SMILES string of the molecule is Cc1nc(-c2ncccn2)sc1C(=O)N1CC2[C@@H](C1)[C@@H]2Oc1cc(C(C)(C)N)cc(-c2ccc(F)cc2)n1.